The zero-order valence-corrected chi connectivity index (χ0v) is 16.5. The summed E-state index contributed by atoms with van der Waals surface area (Å²) in [6, 6.07) is 14.3. The summed E-state index contributed by atoms with van der Waals surface area (Å²) >= 11 is 0. The SMILES string of the molecule is CCCN(Cc1ccc(C)cc1)C(=O)Cn1nc(C(=O)O)c2ccccc2c1=O. The van der Waals surface area contributed by atoms with Gasteiger partial charge in [-0.25, -0.2) is 9.48 Å². The number of aryl methyl sites for hydroxylation is 1. The average Bonchev–Trinajstić information content (AvgIpc) is 2.71. The Kier molecular flexibility index (Phi) is 6.07. The molecule has 1 heterocycles. The molecular weight excluding hydrogens is 370 g/mol. The molecule has 29 heavy (non-hydrogen) atoms. The van der Waals surface area contributed by atoms with E-state index in [-0.39, 0.29) is 28.9 Å². The van der Waals surface area contributed by atoms with E-state index in [1.54, 1.807) is 29.2 Å². The Bertz CT molecular complexity index is 1100. The molecule has 0 aliphatic rings. The number of benzene rings is 2. The van der Waals surface area contributed by atoms with Crippen molar-refractivity contribution >= 4 is 22.6 Å². The van der Waals surface area contributed by atoms with Gasteiger partial charge in [-0.05, 0) is 25.0 Å². The number of rotatable bonds is 7. The molecule has 0 saturated carbocycles. The highest BCUT2D eigenvalue weighted by Crippen LogP contribution is 2.14. The summed E-state index contributed by atoms with van der Waals surface area (Å²) in [5.41, 5.74) is 1.40. The Hall–Kier alpha value is -3.48. The number of carbonyl (C=O) groups is 2. The summed E-state index contributed by atoms with van der Waals surface area (Å²) in [7, 11) is 0. The standard InChI is InChI=1S/C22H23N3O4/c1-3-12-24(13-16-10-8-15(2)9-11-16)19(26)14-25-21(27)18-7-5-4-6-17(18)20(23-25)22(28)29/h4-11H,3,12-14H2,1-2H3,(H,28,29). The van der Waals surface area contributed by atoms with Gasteiger partial charge in [-0.2, -0.15) is 5.10 Å². The second-order valence-corrected chi connectivity index (χ2v) is 6.96. The number of hydrogen-bond donors (Lipinski definition) is 1. The Morgan fingerprint density at radius 1 is 1.07 bits per heavy atom. The van der Waals surface area contributed by atoms with E-state index in [2.05, 4.69) is 5.10 Å². The molecule has 150 valence electrons. The van der Waals surface area contributed by atoms with Crippen LogP contribution in [0, 0.1) is 6.92 Å². The fraction of sp³-hybridized carbons (Fsp3) is 0.273. The summed E-state index contributed by atoms with van der Waals surface area (Å²) < 4.78 is 0.950. The number of carbonyl (C=O) groups excluding carboxylic acids is 1. The second kappa shape index (κ2) is 8.68. The van der Waals surface area contributed by atoms with E-state index in [0.717, 1.165) is 22.2 Å². The first-order chi connectivity index (χ1) is 13.9. The van der Waals surface area contributed by atoms with Gasteiger partial charge < -0.3 is 10.0 Å². The fourth-order valence-electron chi connectivity index (χ4n) is 3.20. The van der Waals surface area contributed by atoms with E-state index in [4.69, 9.17) is 0 Å². The smallest absolute Gasteiger partial charge is 0.357 e. The van der Waals surface area contributed by atoms with Crippen molar-refractivity contribution in [1.82, 2.24) is 14.7 Å². The lowest BCUT2D eigenvalue weighted by molar-refractivity contribution is -0.132. The van der Waals surface area contributed by atoms with Crippen LogP contribution in [-0.4, -0.2) is 38.2 Å². The van der Waals surface area contributed by atoms with Crippen LogP contribution in [0.1, 0.15) is 35.0 Å². The summed E-state index contributed by atoms with van der Waals surface area (Å²) in [5, 5.41) is 13.9. The van der Waals surface area contributed by atoms with Crippen LogP contribution < -0.4 is 5.56 Å². The lowest BCUT2D eigenvalue weighted by atomic mass is 10.1. The van der Waals surface area contributed by atoms with Crippen LogP contribution in [0.4, 0.5) is 0 Å². The van der Waals surface area contributed by atoms with E-state index in [1.807, 2.05) is 38.1 Å². The number of carboxylic acid groups (broad SMARTS) is 1. The molecule has 0 unspecified atom stereocenters. The molecule has 0 aliphatic heterocycles. The third-order valence-corrected chi connectivity index (χ3v) is 4.70. The molecule has 1 amide bonds. The first-order valence-corrected chi connectivity index (χ1v) is 9.47. The fourth-order valence-corrected chi connectivity index (χ4v) is 3.20. The van der Waals surface area contributed by atoms with E-state index in [1.165, 1.54) is 0 Å². The summed E-state index contributed by atoms with van der Waals surface area (Å²) in [6.45, 7) is 4.60. The summed E-state index contributed by atoms with van der Waals surface area (Å²) in [6.07, 6.45) is 0.762. The molecule has 1 N–H and O–H groups in total. The predicted molar refractivity (Wildman–Crippen MR) is 110 cm³/mol. The van der Waals surface area contributed by atoms with Gasteiger partial charge in [0, 0.05) is 18.5 Å². The maximum Gasteiger partial charge on any atom is 0.357 e. The Morgan fingerprint density at radius 2 is 1.72 bits per heavy atom. The number of aromatic nitrogens is 2. The van der Waals surface area contributed by atoms with Crippen molar-refractivity contribution < 1.29 is 14.7 Å². The third kappa shape index (κ3) is 4.51. The second-order valence-electron chi connectivity index (χ2n) is 6.96. The van der Waals surface area contributed by atoms with Gasteiger partial charge in [0.15, 0.2) is 5.69 Å². The van der Waals surface area contributed by atoms with Gasteiger partial charge in [-0.3, -0.25) is 9.59 Å². The highest BCUT2D eigenvalue weighted by atomic mass is 16.4. The number of amides is 1. The maximum atomic E-state index is 12.9. The predicted octanol–water partition coefficient (Wildman–Crippen LogP) is 2.84. The van der Waals surface area contributed by atoms with E-state index in [9.17, 15) is 19.5 Å². The number of nitrogens with zero attached hydrogens (tertiary/aromatic N) is 3. The van der Waals surface area contributed by atoms with Gasteiger partial charge in [-0.15, -0.1) is 0 Å². The number of carboxylic acids is 1. The van der Waals surface area contributed by atoms with Crippen LogP contribution in [0.25, 0.3) is 10.8 Å². The van der Waals surface area contributed by atoms with Crippen LogP contribution in [0.5, 0.6) is 0 Å². The number of fused-ring (bicyclic) bond motifs is 1. The Morgan fingerprint density at radius 3 is 2.34 bits per heavy atom. The van der Waals surface area contributed by atoms with Gasteiger partial charge in [0.05, 0.1) is 5.39 Å². The molecule has 1 aromatic heterocycles. The topological polar surface area (TPSA) is 92.5 Å². The molecule has 0 radical (unpaired) electrons. The van der Waals surface area contributed by atoms with Crippen LogP contribution >= 0.6 is 0 Å². The molecule has 3 rings (SSSR count). The molecule has 0 aliphatic carbocycles. The van der Waals surface area contributed by atoms with Crippen LogP contribution in [0.2, 0.25) is 0 Å². The van der Waals surface area contributed by atoms with Crippen molar-refractivity contribution in [1.29, 1.82) is 0 Å². The Balaban J connectivity index is 1.92. The number of hydrogen-bond acceptors (Lipinski definition) is 4. The van der Waals surface area contributed by atoms with Crippen LogP contribution in [0.15, 0.2) is 53.3 Å². The minimum absolute atomic E-state index is 0.230. The molecule has 0 atom stereocenters. The summed E-state index contributed by atoms with van der Waals surface area (Å²) in [4.78, 5) is 38.9. The highest BCUT2D eigenvalue weighted by molar-refractivity contribution is 6.01. The van der Waals surface area contributed by atoms with Gasteiger partial charge in [0.2, 0.25) is 5.91 Å². The third-order valence-electron chi connectivity index (χ3n) is 4.70. The molecule has 0 fully saturated rings. The zero-order chi connectivity index (χ0) is 21.0. The van der Waals surface area contributed by atoms with Crippen LogP contribution in [-0.2, 0) is 17.9 Å². The van der Waals surface area contributed by atoms with Crippen molar-refractivity contribution in [2.24, 2.45) is 0 Å². The van der Waals surface area contributed by atoms with Gasteiger partial charge in [-0.1, -0.05) is 55.0 Å². The monoisotopic (exact) mass is 393 g/mol. The lowest BCUT2D eigenvalue weighted by Gasteiger charge is -2.22. The molecule has 2 aromatic carbocycles. The number of aromatic carboxylic acids is 1. The molecular formula is C22H23N3O4. The summed E-state index contributed by atoms with van der Waals surface area (Å²) in [5.74, 6) is -1.53. The van der Waals surface area contributed by atoms with E-state index >= 15 is 0 Å². The van der Waals surface area contributed by atoms with E-state index in [0.29, 0.717) is 13.1 Å². The molecule has 0 bridgehead atoms. The first-order valence-electron chi connectivity index (χ1n) is 9.47. The van der Waals surface area contributed by atoms with Crippen molar-refractivity contribution in [2.75, 3.05) is 6.54 Å². The van der Waals surface area contributed by atoms with Crippen molar-refractivity contribution in [2.45, 2.75) is 33.4 Å². The normalized spacial score (nSPS) is 10.8. The van der Waals surface area contributed by atoms with Crippen molar-refractivity contribution in [3.8, 4) is 0 Å². The van der Waals surface area contributed by atoms with Crippen LogP contribution in [0.3, 0.4) is 0 Å². The average molecular weight is 393 g/mol. The molecule has 7 heteroatoms. The first kappa shape index (κ1) is 20.3. The molecule has 0 saturated heterocycles. The van der Waals surface area contributed by atoms with Gasteiger partial charge in [0.25, 0.3) is 5.56 Å². The molecule has 0 spiro atoms. The molecule has 7 nitrogen and oxygen atoms in total. The highest BCUT2D eigenvalue weighted by Gasteiger charge is 2.19. The van der Waals surface area contributed by atoms with Gasteiger partial charge in [0.1, 0.15) is 6.54 Å². The maximum absolute atomic E-state index is 12.9. The quantitative estimate of drug-likeness (QED) is 0.666. The largest absolute Gasteiger partial charge is 0.476 e. The minimum atomic E-state index is -1.24. The van der Waals surface area contributed by atoms with Crippen molar-refractivity contribution in [3.63, 3.8) is 0 Å². The molecule has 3 aromatic rings. The Labute approximate surface area is 168 Å². The zero-order valence-electron chi connectivity index (χ0n) is 16.5. The van der Waals surface area contributed by atoms with Crippen molar-refractivity contribution in [3.05, 3.63) is 75.7 Å². The minimum Gasteiger partial charge on any atom is -0.476 e. The van der Waals surface area contributed by atoms with E-state index < -0.39 is 11.5 Å². The van der Waals surface area contributed by atoms with Gasteiger partial charge >= 0.3 is 5.97 Å². The lowest BCUT2D eigenvalue weighted by Crippen LogP contribution is -2.38.